The number of urea groups is 1. The van der Waals surface area contributed by atoms with Gasteiger partial charge in [0.25, 0.3) is 0 Å². The Kier molecular flexibility index (Phi) is 5.23. The van der Waals surface area contributed by atoms with Crippen molar-refractivity contribution in [2.45, 2.75) is 32.0 Å². The van der Waals surface area contributed by atoms with Crippen LogP contribution in [0.4, 0.5) is 9.18 Å². The first-order valence-corrected chi connectivity index (χ1v) is 8.18. The molecule has 25 heavy (non-hydrogen) atoms. The third-order valence-corrected chi connectivity index (χ3v) is 4.27. The van der Waals surface area contributed by atoms with Gasteiger partial charge in [0.05, 0.1) is 6.04 Å². The van der Waals surface area contributed by atoms with Crippen molar-refractivity contribution < 1.29 is 23.4 Å². The normalized spacial score (nSPS) is 17.0. The van der Waals surface area contributed by atoms with E-state index in [9.17, 15) is 14.3 Å². The van der Waals surface area contributed by atoms with Crippen LogP contribution in [0.2, 0.25) is 0 Å². The number of furan rings is 1. The first-order valence-electron chi connectivity index (χ1n) is 8.18. The van der Waals surface area contributed by atoms with E-state index in [1.54, 1.807) is 18.1 Å². The first-order chi connectivity index (χ1) is 12.1. The minimum atomic E-state index is -0.702. The molecule has 1 saturated heterocycles. The van der Waals surface area contributed by atoms with Crippen LogP contribution in [0.15, 0.2) is 34.7 Å². The van der Waals surface area contributed by atoms with Crippen LogP contribution in [0, 0.1) is 5.82 Å². The second-order valence-electron chi connectivity index (χ2n) is 6.03. The molecule has 2 aromatic rings. The van der Waals surface area contributed by atoms with Gasteiger partial charge in [-0.1, -0.05) is 6.07 Å². The molecule has 0 spiro atoms. The lowest BCUT2D eigenvalue weighted by atomic mass is 10.2. The molecule has 1 fully saturated rings. The fourth-order valence-corrected chi connectivity index (χ4v) is 3.04. The molecule has 2 heterocycles. The van der Waals surface area contributed by atoms with Crippen molar-refractivity contribution in [1.29, 1.82) is 0 Å². The summed E-state index contributed by atoms with van der Waals surface area (Å²) in [7, 11) is 1.60. The van der Waals surface area contributed by atoms with Crippen LogP contribution >= 0.6 is 0 Å². The summed E-state index contributed by atoms with van der Waals surface area (Å²) in [5.41, 5.74) is 0.583. The van der Waals surface area contributed by atoms with Crippen LogP contribution in [0.1, 0.15) is 36.0 Å². The van der Waals surface area contributed by atoms with Crippen LogP contribution in [0.5, 0.6) is 5.75 Å². The molecule has 134 valence electrons. The van der Waals surface area contributed by atoms with E-state index in [0.717, 1.165) is 24.4 Å². The Hall–Kier alpha value is -2.54. The van der Waals surface area contributed by atoms with Crippen molar-refractivity contribution in [2.75, 3.05) is 13.7 Å². The molecular formula is C18H21FN2O4. The number of nitrogens with one attached hydrogen (secondary N) is 1. The van der Waals surface area contributed by atoms with Crippen molar-refractivity contribution in [2.24, 2.45) is 0 Å². The average molecular weight is 348 g/mol. The third kappa shape index (κ3) is 3.93. The van der Waals surface area contributed by atoms with Gasteiger partial charge in [-0.2, -0.15) is 0 Å². The Morgan fingerprint density at radius 3 is 3.04 bits per heavy atom. The molecule has 1 atom stereocenters. The highest BCUT2D eigenvalue weighted by atomic mass is 19.1. The highest BCUT2D eigenvalue weighted by molar-refractivity contribution is 5.75. The van der Waals surface area contributed by atoms with E-state index in [-0.39, 0.29) is 18.6 Å². The molecule has 3 rings (SSSR count). The molecule has 2 amide bonds. The number of nitrogens with zero attached hydrogens (tertiary/aromatic N) is 1. The number of hydrogen-bond donors (Lipinski definition) is 2. The standard InChI is InChI=1S/C18H21FN2O4/c1-24-11-13-5-7-17(25-13)15-3-2-8-21(15)18(23)20-10-12-4-6-16(22)14(19)9-12/h4-7,9,15,22H,2-3,8,10-11H2,1H3,(H,20,23)/t15-/m1/s1. The van der Waals surface area contributed by atoms with Crippen molar-refractivity contribution in [3.63, 3.8) is 0 Å². The Balaban J connectivity index is 1.62. The Labute approximate surface area is 145 Å². The molecule has 1 aromatic carbocycles. The summed E-state index contributed by atoms with van der Waals surface area (Å²) >= 11 is 0. The number of aromatic hydroxyl groups is 1. The van der Waals surface area contributed by atoms with Crippen LogP contribution in [0.3, 0.4) is 0 Å². The van der Waals surface area contributed by atoms with Gasteiger partial charge in [-0.15, -0.1) is 0 Å². The van der Waals surface area contributed by atoms with Crippen molar-refractivity contribution >= 4 is 6.03 Å². The Morgan fingerprint density at radius 2 is 2.28 bits per heavy atom. The molecule has 0 saturated carbocycles. The van der Waals surface area contributed by atoms with Gasteiger partial charge in [0.15, 0.2) is 11.6 Å². The fourth-order valence-electron chi connectivity index (χ4n) is 3.04. The zero-order chi connectivity index (χ0) is 17.8. The molecule has 2 N–H and O–H groups in total. The van der Waals surface area contributed by atoms with E-state index in [4.69, 9.17) is 9.15 Å². The molecule has 1 aliphatic rings. The van der Waals surface area contributed by atoms with Gasteiger partial charge in [-0.05, 0) is 42.7 Å². The van der Waals surface area contributed by atoms with Gasteiger partial charge in [0, 0.05) is 20.2 Å². The smallest absolute Gasteiger partial charge is 0.318 e. The second kappa shape index (κ2) is 7.57. The average Bonchev–Trinajstić information content (AvgIpc) is 3.25. The SMILES string of the molecule is COCc1ccc([C@H]2CCCN2C(=O)NCc2ccc(O)c(F)c2)o1. The first kappa shape index (κ1) is 17.3. The zero-order valence-electron chi connectivity index (χ0n) is 14.0. The quantitative estimate of drug-likeness (QED) is 0.869. The Morgan fingerprint density at radius 1 is 1.44 bits per heavy atom. The van der Waals surface area contributed by atoms with E-state index >= 15 is 0 Å². The van der Waals surface area contributed by atoms with Gasteiger partial charge in [-0.25, -0.2) is 9.18 Å². The van der Waals surface area contributed by atoms with E-state index in [1.165, 1.54) is 12.1 Å². The molecule has 7 heteroatoms. The van der Waals surface area contributed by atoms with Gasteiger partial charge >= 0.3 is 6.03 Å². The maximum atomic E-state index is 13.4. The minimum absolute atomic E-state index is 0.109. The van der Waals surface area contributed by atoms with Crippen molar-refractivity contribution in [3.05, 3.63) is 53.2 Å². The lowest BCUT2D eigenvalue weighted by Gasteiger charge is -2.23. The molecule has 0 bridgehead atoms. The predicted molar refractivity (Wildman–Crippen MR) is 88.4 cm³/mol. The number of methoxy groups -OCH3 is 1. The largest absolute Gasteiger partial charge is 0.505 e. The van der Waals surface area contributed by atoms with Crippen LogP contribution in [-0.2, 0) is 17.9 Å². The lowest BCUT2D eigenvalue weighted by molar-refractivity contribution is 0.156. The zero-order valence-corrected chi connectivity index (χ0v) is 14.0. The van der Waals surface area contributed by atoms with Gasteiger partial charge in [0.1, 0.15) is 18.1 Å². The number of phenols is 1. The Bertz CT molecular complexity index is 746. The maximum absolute atomic E-state index is 13.4. The predicted octanol–water partition coefficient (Wildman–Crippen LogP) is 3.32. The number of phenolic OH excluding ortho intramolecular Hbond substituents is 1. The van der Waals surface area contributed by atoms with Crippen molar-refractivity contribution in [1.82, 2.24) is 10.2 Å². The highest BCUT2D eigenvalue weighted by Crippen LogP contribution is 2.33. The number of halogens is 1. The van der Waals surface area contributed by atoms with Crippen LogP contribution in [0.25, 0.3) is 0 Å². The van der Waals surface area contributed by atoms with Crippen molar-refractivity contribution in [3.8, 4) is 5.75 Å². The number of hydrogen-bond acceptors (Lipinski definition) is 4. The van der Waals surface area contributed by atoms with Gasteiger partial charge in [0.2, 0.25) is 0 Å². The molecule has 1 aliphatic heterocycles. The summed E-state index contributed by atoms with van der Waals surface area (Å²) in [5.74, 6) is 0.367. The monoisotopic (exact) mass is 348 g/mol. The molecule has 0 aliphatic carbocycles. The molecule has 0 unspecified atom stereocenters. The number of ether oxygens (including phenoxy) is 1. The minimum Gasteiger partial charge on any atom is -0.505 e. The molecule has 6 nitrogen and oxygen atoms in total. The van der Waals surface area contributed by atoms with E-state index < -0.39 is 11.6 Å². The molecular weight excluding hydrogens is 327 g/mol. The van der Waals surface area contributed by atoms with E-state index in [0.29, 0.717) is 18.7 Å². The van der Waals surface area contributed by atoms with E-state index in [2.05, 4.69) is 5.32 Å². The third-order valence-electron chi connectivity index (χ3n) is 4.27. The number of amides is 2. The maximum Gasteiger partial charge on any atom is 0.318 e. The number of carbonyl (C=O) groups excluding carboxylic acids is 1. The number of rotatable bonds is 5. The summed E-state index contributed by atoms with van der Waals surface area (Å²) in [5, 5.41) is 12.0. The topological polar surface area (TPSA) is 74.9 Å². The summed E-state index contributed by atoms with van der Waals surface area (Å²) in [4.78, 5) is 14.2. The summed E-state index contributed by atoms with van der Waals surface area (Å²) in [6.45, 7) is 1.22. The lowest BCUT2D eigenvalue weighted by Crippen LogP contribution is -2.39. The van der Waals surface area contributed by atoms with Crippen LogP contribution < -0.4 is 5.32 Å². The molecule has 1 aromatic heterocycles. The highest BCUT2D eigenvalue weighted by Gasteiger charge is 2.32. The van der Waals surface area contributed by atoms with Gasteiger partial charge < -0.3 is 24.5 Å². The number of benzene rings is 1. The molecule has 0 radical (unpaired) electrons. The number of likely N-dealkylation sites (tertiary alicyclic amines) is 1. The number of carbonyl (C=O) groups is 1. The second-order valence-corrected chi connectivity index (χ2v) is 6.03. The van der Waals surface area contributed by atoms with E-state index in [1.807, 2.05) is 12.1 Å². The van der Waals surface area contributed by atoms with Crippen LogP contribution in [-0.4, -0.2) is 29.7 Å². The summed E-state index contributed by atoms with van der Waals surface area (Å²) in [6, 6.07) is 7.45. The summed E-state index contributed by atoms with van der Waals surface area (Å²) < 4.78 is 24.2. The van der Waals surface area contributed by atoms with Gasteiger partial charge in [-0.3, -0.25) is 0 Å². The summed E-state index contributed by atoms with van der Waals surface area (Å²) in [6.07, 6.45) is 1.73. The fraction of sp³-hybridized carbons (Fsp3) is 0.389.